The van der Waals surface area contributed by atoms with Crippen molar-refractivity contribution in [1.29, 1.82) is 0 Å². The van der Waals surface area contributed by atoms with Gasteiger partial charge in [0.2, 0.25) is 0 Å². The minimum Gasteiger partial charge on any atom is -0.486 e. The number of rotatable bonds is 8. The lowest BCUT2D eigenvalue weighted by Gasteiger charge is -2.28. The summed E-state index contributed by atoms with van der Waals surface area (Å²) in [6.07, 6.45) is 0. The molecule has 0 aliphatic carbocycles. The van der Waals surface area contributed by atoms with Gasteiger partial charge in [0, 0.05) is 30.0 Å². The summed E-state index contributed by atoms with van der Waals surface area (Å²) in [6, 6.07) is 14.1. The van der Waals surface area contributed by atoms with Crippen LogP contribution in [0.15, 0.2) is 47.8 Å². The van der Waals surface area contributed by atoms with E-state index >= 15 is 0 Å². The van der Waals surface area contributed by atoms with E-state index in [2.05, 4.69) is 28.5 Å². The number of benzene rings is 2. The van der Waals surface area contributed by atoms with Crippen molar-refractivity contribution in [3.05, 3.63) is 58.5 Å². The van der Waals surface area contributed by atoms with Crippen molar-refractivity contribution in [2.24, 2.45) is 0 Å². The lowest BCUT2D eigenvalue weighted by atomic mass is 10.1. The number of hydrogen-bond donors (Lipinski definition) is 1. The number of nitrogens with one attached hydrogen (secondary N) is 1. The third-order valence-corrected chi connectivity index (χ3v) is 5.26. The van der Waals surface area contributed by atoms with Crippen molar-refractivity contribution in [1.82, 2.24) is 15.2 Å². The summed E-state index contributed by atoms with van der Waals surface area (Å²) >= 11 is 1.54. The van der Waals surface area contributed by atoms with Gasteiger partial charge in [-0.25, -0.2) is 9.78 Å². The van der Waals surface area contributed by atoms with Crippen LogP contribution in [-0.2, 0) is 17.9 Å². The molecular weight excluding hydrogens is 398 g/mol. The molecule has 0 spiro atoms. The lowest BCUT2D eigenvalue weighted by Crippen LogP contribution is -2.49. The van der Waals surface area contributed by atoms with Crippen LogP contribution in [0.1, 0.15) is 31.5 Å². The van der Waals surface area contributed by atoms with E-state index in [1.54, 1.807) is 12.0 Å². The molecule has 1 heterocycles. The first kappa shape index (κ1) is 22.1. The van der Waals surface area contributed by atoms with Gasteiger partial charge in [-0.3, -0.25) is 0 Å². The maximum atomic E-state index is 12.6. The molecule has 0 aliphatic rings. The second-order valence-corrected chi connectivity index (χ2v) is 9.04. The Balaban J connectivity index is 1.64. The first-order chi connectivity index (χ1) is 14.4. The molecule has 3 rings (SSSR count). The third kappa shape index (κ3) is 6.18. The van der Waals surface area contributed by atoms with Gasteiger partial charge in [-0.05, 0) is 32.2 Å². The van der Waals surface area contributed by atoms with Crippen LogP contribution < -0.4 is 10.1 Å². The summed E-state index contributed by atoms with van der Waals surface area (Å²) < 4.78 is 11.2. The summed E-state index contributed by atoms with van der Waals surface area (Å²) in [4.78, 5) is 19.0. The molecule has 160 valence electrons. The Morgan fingerprint density at radius 2 is 1.93 bits per heavy atom. The normalized spacial score (nSPS) is 11.5. The number of urea groups is 1. The standard InChI is InChI=1S/C23H29N3O3S/c1-23(2,3)25-22(27)26(12-13-28-4)14-18-16-30-21(24-18)15-29-20-11-7-9-17-8-5-6-10-19(17)20/h5-11,16H,12-15H2,1-4H3,(H,25,27). The average Bonchev–Trinajstić information content (AvgIpc) is 3.15. The lowest BCUT2D eigenvalue weighted by molar-refractivity contribution is 0.142. The zero-order chi connectivity index (χ0) is 21.6. The maximum absolute atomic E-state index is 12.6. The van der Waals surface area contributed by atoms with Crippen LogP contribution in [0.3, 0.4) is 0 Å². The van der Waals surface area contributed by atoms with Gasteiger partial charge in [-0.2, -0.15) is 0 Å². The molecule has 0 saturated heterocycles. The van der Waals surface area contributed by atoms with Gasteiger partial charge >= 0.3 is 6.03 Å². The SMILES string of the molecule is COCCN(Cc1csc(COc2cccc3ccccc23)n1)C(=O)NC(C)(C)C. The molecule has 7 heteroatoms. The van der Waals surface area contributed by atoms with Crippen molar-refractivity contribution >= 4 is 28.1 Å². The second kappa shape index (κ2) is 9.91. The molecule has 30 heavy (non-hydrogen) atoms. The minimum absolute atomic E-state index is 0.124. The number of amides is 2. The Kier molecular flexibility index (Phi) is 7.29. The van der Waals surface area contributed by atoms with Gasteiger partial charge in [0.15, 0.2) is 0 Å². The van der Waals surface area contributed by atoms with Crippen molar-refractivity contribution < 1.29 is 14.3 Å². The van der Waals surface area contributed by atoms with Crippen LogP contribution in [0.2, 0.25) is 0 Å². The van der Waals surface area contributed by atoms with Crippen LogP contribution >= 0.6 is 11.3 Å². The van der Waals surface area contributed by atoms with E-state index in [-0.39, 0.29) is 11.6 Å². The van der Waals surface area contributed by atoms with E-state index in [4.69, 9.17) is 9.47 Å². The quantitative estimate of drug-likeness (QED) is 0.559. The molecule has 0 unspecified atom stereocenters. The Morgan fingerprint density at radius 3 is 2.70 bits per heavy atom. The van der Waals surface area contributed by atoms with E-state index in [9.17, 15) is 4.79 Å². The number of nitrogens with zero attached hydrogens (tertiary/aromatic N) is 2. The highest BCUT2D eigenvalue weighted by atomic mass is 32.1. The highest BCUT2D eigenvalue weighted by Gasteiger charge is 2.20. The number of carbonyl (C=O) groups excluding carboxylic acids is 1. The van der Waals surface area contributed by atoms with Crippen LogP contribution in [0.25, 0.3) is 10.8 Å². The highest BCUT2D eigenvalue weighted by molar-refractivity contribution is 7.09. The summed E-state index contributed by atoms with van der Waals surface area (Å²) in [5.41, 5.74) is 0.541. The van der Waals surface area contributed by atoms with Crippen molar-refractivity contribution in [3.8, 4) is 5.75 Å². The van der Waals surface area contributed by atoms with Gasteiger partial charge in [0.1, 0.15) is 17.4 Å². The Hall–Kier alpha value is -2.64. The highest BCUT2D eigenvalue weighted by Crippen LogP contribution is 2.26. The van der Waals surface area contributed by atoms with Crippen LogP contribution in [0.4, 0.5) is 4.79 Å². The molecule has 3 aromatic rings. The Labute approximate surface area is 181 Å². The molecule has 0 aliphatic heterocycles. The number of ether oxygens (including phenoxy) is 2. The fourth-order valence-electron chi connectivity index (χ4n) is 3.00. The predicted octanol–water partition coefficient (Wildman–Crippen LogP) is 4.83. The van der Waals surface area contributed by atoms with Gasteiger partial charge in [0.25, 0.3) is 0 Å². The number of aromatic nitrogens is 1. The molecule has 2 aromatic carbocycles. The zero-order valence-electron chi connectivity index (χ0n) is 18.0. The first-order valence-corrected chi connectivity index (χ1v) is 10.8. The third-order valence-electron chi connectivity index (χ3n) is 4.39. The maximum Gasteiger partial charge on any atom is 0.318 e. The number of thiazole rings is 1. The first-order valence-electron chi connectivity index (χ1n) is 9.95. The minimum atomic E-state index is -0.304. The van der Waals surface area contributed by atoms with Crippen LogP contribution in [0.5, 0.6) is 5.75 Å². The molecule has 0 saturated carbocycles. The smallest absolute Gasteiger partial charge is 0.318 e. The van der Waals surface area contributed by atoms with E-state index in [1.807, 2.05) is 50.4 Å². The number of methoxy groups -OCH3 is 1. The zero-order valence-corrected chi connectivity index (χ0v) is 18.8. The van der Waals surface area contributed by atoms with Crippen LogP contribution in [0, 0.1) is 0 Å². The largest absolute Gasteiger partial charge is 0.486 e. The molecule has 0 bridgehead atoms. The van der Waals surface area contributed by atoms with E-state index in [0.717, 1.165) is 27.2 Å². The number of hydrogen-bond acceptors (Lipinski definition) is 5. The van der Waals surface area contributed by atoms with Gasteiger partial charge in [-0.1, -0.05) is 36.4 Å². The van der Waals surface area contributed by atoms with Crippen molar-refractivity contribution in [2.75, 3.05) is 20.3 Å². The average molecular weight is 428 g/mol. The molecule has 0 atom stereocenters. The summed E-state index contributed by atoms with van der Waals surface area (Å²) in [6.45, 7) is 7.68. The summed E-state index contributed by atoms with van der Waals surface area (Å²) in [7, 11) is 1.63. The molecule has 0 radical (unpaired) electrons. The fraction of sp³-hybridized carbons (Fsp3) is 0.391. The van der Waals surface area contributed by atoms with E-state index in [0.29, 0.717) is 26.3 Å². The summed E-state index contributed by atoms with van der Waals surface area (Å²) in [5, 5.41) is 8.09. The Bertz CT molecular complexity index is 976. The van der Waals surface area contributed by atoms with E-state index < -0.39 is 0 Å². The van der Waals surface area contributed by atoms with Gasteiger partial charge < -0.3 is 19.7 Å². The number of fused-ring (bicyclic) bond motifs is 1. The van der Waals surface area contributed by atoms with Gasteiger partial charge in [-0.15, -0.1) is 11.3 Å². The van der Waals surface area contributed by atoms with Crippen molar-refractivity contribution in [2.45, 2.75) is 39.5 Å². The van der Waals surface area contributed by atoms with Gasteiger partial charge in [0.05, 0.1) is 18.8 Å². The Morgan fingerprint density at radius 1 is 1.17 bits per heavy atom. The molecule has 1 N–H and O–H groups in total. The molecule has 2 amide bonds. The number of carbonyl (C=O) groups is 1. The second-order valence-electron chi connectivity index (χ2n) is 8.09. The fourth-order valence-corrected chi connectivity index (χ4v) is 3.69. The van der Waals surface area contributed by atoms with Crippen molar-refractivity contribution in [3.63, 3.8) is 0 Å². The summed E-state index contributed by atoms with van der Waals surface area (Å²) in [5.74, 6) is 0.844. The van der Waals surface area contributed by atoms with E-state index in [1.165, 1.54) is 11.3 Å². The topological polar surface area (TPSA) is 63.7 Å². The molecule has 6 nitrogen and oxygen atoms in total. The van der Waals surface area contributed by atoms with Crippen LogP contribution in [-0.4, -0.2) is 41.7 Å². The monoisotopic (exact) mass is 427 g/mol. The molecular formula is C23H29N3O3S. The predicted molar refractivity (Wildman–Crippen MR) is 121 cm³/mol. The molecule has 0 fully saturated rings. The molecule has 1 aromatic heterocycles.